The summed E-state index contributed by atoms with van der Waals surface area (Å²) in [7, 11) is 0. The maximum atomic E-state index is 12.6. The molecule has 0 spiro atoms. The second kappa shape index (κ2) is 5.81. The van der Waals surface area contributed by atoms with E-state index in [1.54, 1.807) is 6.07 Å². The molecule has 1 amide bonds. The van der Waals surface area contributed by atoms with Gasteiger partial charge in [0.1, 0.15) is 5.82 Å². The highest BCUT2D eigenvalue weighted by Gasteiger charge is 2.26. The summed E-state index contributed by atoms with van der Waals surface area (Å²) in [5.74, 6) is 0.523. The summed E-state index contributed by atoms with van der Waals surface area (Å²) in [4.78, 5) is 18.8. The Morgan fingerprint density at radius 3 is 2.80 bits per heavy atom. The molecule has 2 heterocycles. The van der Waals surface area contributed by atoms with Gasteiger partial charge in [0.25, 0.3) is 5.91 Å². The Morgan fingerprint density at radius 2 is 2.10 bits per heavy atom. The number of carbonyl (C=O) groups is 1. The maximum Gasteiger partial charge on any atom is 0.254 e. The van der Waals surface area contributed by atoms with Gasteiger partial charge in [-0.15, -0.1) is 0 Å². The number of nitrogen functional groups attached to an aromatic ring is 1. The van der Waals surface area contributed by atoms with E-state index in [0.717, 1.165) is 38.0 Å². The van der Waals surface area contributed by atoms with Crippen molar-refractivity contribution in [2.75, 3.05) is 18.8 Å². The third-order valence-electron chi connectivity index (χ3n) is 4.13. The summed E-state index contributed by atoms with van der Waals surface area (Å²) in [6.45, 7) is 8.24. The van der Waals surface area contributed by atoms with Gasteiger partial charge in [-0.2, -0.15) is 0 Å². The lowest BCUT2D eigenvalue weighted by molar-refractivity contribution is 0.0757. The van der Waals surface area contributed by atoms with Crippen molar-refractivity contribution in [1.82, 2.24) is 9.88 Å². The van der Waals surface area contributed by atoms with Gasteiger partial charge in [0.2, 0.25) is 0 Å². The first kappa shape index (κ1) is 14.8. The maximum absolute atomic E-state index is 12.6. The molecule has 4 heteroatoms. The van der Waals surface area contributed by atoms with Gasteiger partial charge in [-0.25, -0.2) is 4.98 Å². The number of nitrogens with zero attached hydrogens (tertiary/aromatic N) is 2. The van der Waals surface area contributed by atoms with Crippen molar-refractivity contribution < 1.29 is 4.79 Å². The molecule has 1 fully saturated rings. The highest BCUT2D eigenvalue weighted by atomic mass is 16.2. The number of aryl methyl sites for hydroxylation is 1. The van der Waals surface area contributed by atoms with E-state index < -0.39 is 0 Å². The predicted octanol–water partition coefficient (Wildman–Crippen LogP) is 2.88. The molecule has 0 radical (unpaired) electrons. The number of anilines is 1. The van der Waals surface area contributed by atoms with E-state index in [-0.39, 0.29) is 5.91 Å². The number of hydrogen-bond donors (Lipinski definition) is 1. The molecule has 1 aromatic rings. The first-order valence-corrected chi connectivity index (χ1v) is 7.47. The van der Waals surface area contributed by atoms with Crippen molar-refractivity contribution in [3.8, 4) is 0 Å². The molecule has 0 bridgehead atoms. The predicted molar refractivity (Wildman–Crippen MR) is 81.6 cm³/mol. The number of rotatable bonds is 2. The van der Waals surface area contributed by atoms with Gasteiger partial charge in [-0.1, -0.05) is 20.8 Å². The number of pyridine rings is 1. The Bertz CT molecular complexity index is 496. The first-order valence-electron chi connectivity index (χ1n) is 7.47. The molecule has 2 N–H and O–H groups in total. The fourth-order valence-electron chi connectivity index (χ4n) is 2.72. The van der Waals surface area contributed by atoms with Crippen LogP contribution in [0.5, 0.6) is 0 Å². The first-order chi connectivity index (χ1) is 9.41. The second-order valence-electron chi connectivity index (χ2n) is 6.44. The molecule has 0 aliphatic carbocycles. The molecule has 20 heavy (non-hydrogen) atoms. The number of aromatic nitrogens is 1. The van der Waals surface area contributed by atoms with Gasteiger partial charge < -0.3 is 10.6 Å². The summed E-state index contributed by atoms with van der Waals surface area (Å²) in [5, 5.41) is 0. The van der Waals surface area contributed by atoms with Crippen LogP contribution in [0.3, 0.4) is 0 Å². The van der Waals surface area contributed by atoms with Crippen LogP contribution >= 0.6 is 0 Å². The van der Waals surface area contributed by atoms with Gasteiger partial charge in [0.05, 0.1) is 0 Å². The van der Waals surface area contributed by atoms with Crippen LogP contribution < -0.4 is 5.73 Å². The SMILES string of the molecule is CCc1cc(C(=O)N2CCCC(C)(C)CC2)cc(N)n1. The highest BCUT2D eigenvalue weighted by molar-refractivity contribution is 5.95. The van der Waals surface area contributed by atoms with Gasteiger partial charge in [0.15, 0.2) is 0 Å². The van der Waals surface area contributed by atoms with Crippen molar-refractivity contribution in [3.63, 3.8) is 0 Å². The molecule has 0 saturated carbocycles. The molecule has 1 aliphatic heterocycles. The number of hydrogen-bond acceptors (Lipinski definition) is 3. The standard InChI is InChI=1S/C16H25N3O/c1-4-13-10-12(11-14(17)18-13)15(20)19-8-5-6-16(2,3)7-9-19/h10-11H,4-9H2,1-3H3,(H2,17,18). The Hall–Kier alpha value is -1.58. The third kappa shape index (κ3) is 3.50. The highest BCUT2D eigenvalue weighted by Crippen LogP contribution is 2.30. The van der Waals surface area contributed by atoms with Crippen molar-refractivity contribution >= 4 is 11.7 Å². The van der Waals surface area contributed by atoms with Crippen LogP contribution in [0, 0.1) is 5.41 Å². The summed E-state index contributed by atoms with van der Waals surface area (Å²) in [6.07, 6.45) is 4.09. The lowest BCUT2D eigenvalue weighted by atomic mass is 9.85. The smallest absolute Gasteiger partial charge is 0.254 e. The van der Waals surface area contributed by atoms with Gasteiger partial charge in [-0.3, -0.25) is 4.79 Å². The topological polar surface area (TPSA) is 59.2 Å². The summed E-state index contributed by atoms with van der Waals surface area (Å²) in [6, 6.07) is 3.56. The molecule has 110 valence electrons. The van der Waals surface area contributed by atoms with E-state index in [9.17, 15) is 4.79 Å². The van der Waals surface area contributed by atoms with Gasteiger partial charge in [-0.05, 0) is 43.2 Å². The van der Waals surface area contributed by atoms with Crippen LogP contribution in [0.2, 0.25) is 0 Å². The zero-order valence-corrected chi connectivity index (χ0v) is 12.8. The number of likely N-dealkylation sites (tertiary alicyclic amines) is 1. The lowest BCUT2D eigenvalue weighted by Gasteiger charge is -2.23. The number of amides is 1. The summed E-state index contributed by atoms with van der Waals surface area (Å²) < 4.78 is 0. The lowest BCUT2D eigenvalue weighted by Crippen LogP contribution is -2.32. The van der Waals surface area contributed by atoms with Crippen molar-refractivity contribution in [1.29, 1.82) is 0 Å². The summed E-state index contributed by atoms with van der Waals surface area (Å²) in [5.41, 5.74) is 7.68. The van der Waals surface area contributed by atoms with Crippen molar-refractivity contribution in [2.24, 2.45) is 5.41 Å². The molecule has 0 aromatic carbocycles. The van der Waals surface area contributed by atoms with Crippen LogP contribution in [0.25, 0.3) is 0 Å². The van der Waals surface area contributed by atoms with E-state index in [0.29, 0.717) is 16.8 Å². The molecule has 4 nitrogen and oxygen atoms in total. The Balaban J connectivity index is 2.16. The number of carbonyl (C=O) groups excluding carboxylic acids is 1. The van der Waals surface area contributed by atoms with E-state index >= 15 is 0 Å². The Kier molecular flexibility index (Phi) is 4.31. The Morgan fingerprint density at radius 1 is 1.35 bits per heavy atom. The monoisotopic (exact) mass is 275 g/mol. The fraction of sp³-hybridized carbons (Fsp3) is 0.625. The number of nitrogens with two attached hydrogens (primary N) is 1. The van der Waals surface area contributed by atoms with Crippen LogP contribution in [-0.4, -0.2) is 28.9 Å². The minimum Gasteiger partial charge on any atom is -0.384 e. The molecule has 1 saturated heterocycles. The summed E-state index contributed by atoms with van der Waals surface area (Å²) >= 11 is 0. The van der Waals surface area contributed by atoms with Crippen LogP contribution in [0.15, 0.2) is 12.1 Å². The van der Waals surface area contributed by atoms with E-state index in [4.69, 9.17) is 5.73 Å². The van der Waals surface area contributed by atoms with Crippen LogP contribution in [0.1, 0.15) is 56.1 Å². The zero-order valence-electron chi connectivity index (χ0n) is 12.8. The minimum absolute atomic E-state index is 0.0894. The normalized spacial score (nSPS) is 18.6. The molecular formula is C16H25N3O. The molecule has 0 unspecified atom stereocenters. The average Bonchev–Trinajstić information content (AvgIpc) is 2.58. The largest absolute Gasteiger partial charge is 0.384 e. The minimum atomic E-state index is 0.0894. The fourth-order valence-corrected chi connectivity index (χ4v) is 2.72. The third-order valence-corrected chi connectivity index (χ3v) is 4.13. The van der Waals surface area contributed by atoms with Gasteiger partial charge in [0, 0.05) is 24.3 Å². The quantitative estimate of drug-likeness (QED) is 0.903. The Labute approximate surface area is 121 Å². The molecular weight excluding hydrogens is 250 g/mol. The van der Waals surface area contributed by atoms with Crippen LogP contribution in [0.4, 0.5) is 5.82 Å². The molecule has 1 aromatic heterocycles. The van der Waals surface area contributed by atoms with Crippen molar-refractivity contribution in [2.45, 2.75) is 46.5 Å². The van der Waals surface area contributed by atoms with Crippen LogP contribution in [-0.2, 0) is 6.42 Å². The van der Waals surface area contributed by atoms with Crippen molar-refractivity contribution in [3.05, 3.63) is 23.4 Å². The van der Waals surface area contributed by atoms with E-state index in [2.05, 4.69) is 18.8 Å². The van der Waals surface area contributed by atoms with Gasteiger partial charge >= 0.3 is 0 Å². The molecule has 2 rings (SSSR count). The molecule has 0 atom stereocenters. The molecule has 1 aliphatic rings. The van der Waals surface area contributed by atoms with E-state index in [1.807, 2.05) is 17.9 Å². The zero-order chi connectivity index (χ0) is 14.8. The average molecular weight is 275 g/mol. The second-order valence-corrected chi connectivity index (χ2v) is 6.44. The van der Waals surface area contributed by atoms with E-state index in [1.165, 1.54) is 6.42 Å².